The van der Waals surface area contributed by atoms with Gasteiger partial charge in [-0.15, -0.1) is 0 Å². The van der Waals surface area contributed by atoms with Gasteiger partial charge in [-0.25, -0.2) is 0 Å². The van der Waals surface area contributed by atoms with E-state index < -0.39 is 0 Å². The molecular weight excluding hydrogens is 196 g/mol. The molecule has 1 heteroatoms. The lowest BCUT2D eigenvalue weighted by molar-refractivity contribution is 0.117. The van der Waals surface area contributed by atoms with E-state index in [1.807, 2.05) is 0 Å². The summed E-state index contributed by atoms with van der Waals surface area (Å²) in [5, 5.41) is 9.91. The van der Waals surface area contributed by atoms with Crippen LogP contribution in [-0.2, 0) is 0 Å². The monoisotopic (exact) mass is 226 g/mol. The molecule has 0 aromatic carbocycles. The van der Waals surface area contributed by atoms with Crippen LogP contribution in [0.2, 0.25) is 0 Å². The normalized spacial score (nSPS) is 16.6. The van der Waals surface area contributed by atoms with Crippen LogP contribution >= 0.6 is 0 Å². The van der Waals surface area contributed by atoms with Crippen LogP contribution < -0.4 is 0 Å². The third-order valence-corrected chi connectivity index (χ3v) is 3.26. The molecule has 0 fully saturated rings. The highest BCUT2D eigenvalue weighted by Crippen LogP contribution is 2.19. The molecule has 0 aromatic rings. The smallest absolute Gasteiger partial charge is 0.0545 e. The average molecular weight is 226 g/mol. The second kappa shape index (κ2) is 8.81. The maximum absolute atomic E-state index is 9.91. The molecule has 0 heterocycles. The predicted molar refractivity (Wildman–Crippen MR) is 72.5 cm³/mol. The lowest BCUT2D eigenvalue weighted by Gasteiger charge is -2.18. The van der Waals surface area contributed by atoms with Crippen molar-refractivity contribution in [1.29, 1.82) is 0 Å². The third kappa shape index (κ3) is 8.96. The molecule has 1 unspecified atom stereocenters. The molecule has 1 nitrogen and oxygen atoms in total. The zero-order valence-corrected chi connectivity index (χ0v) is 11.8. The van der Waals surface area contributed by atoms with E-state index >= 15 is 0 Å². The van der Waals surface area contributed by atoms with Crippen LogP contribution in [-0.4, -0.2) is 11.2 Å². The highest BCUT2D eigenvalue weighted by molar-refractivity contribution is 4.92. The number of hydrogen-bond acceptors (Lipinski definition) is 1. The van der Waals surface area contributed by atoms with E-state index in [1.54, 1.807) is 0 Å². The van der Waals surface area contributed by atoms with Crippen molar-refractivity contribution >= 4 is 0 Å². The van der Waals surface area contributed by atoms with Gasteiger partial charge in [-0.1, -0.05) is 38.8 Å². The molecule has 0 amide bonds. The Bertz CT molecular complexity index is 192. The summed E-state index contributed by atoms with van der Waals surface area (Å²) >= 11 is 0. The van der Waals surface area contributed by atoms with E-state index in [1.165, 1.54) is 18.4 Å². The van der Waals surface area contributed by atoms with E-state index in [2.05, 4.69) is 40.7 Å². The van der Waals surface area contributed by atoms with Crippen molar-refractivity contribution in [3.8, 4) is 0 Å². The molecule has 0 bridgehead atoms. The maximum Gasteiger partial charge on any atom is 0.0545 e. The number of aliphatic hydroxyl groups is 1. The fourth-order valence-electron chi connectivity index (χ4n) is 1.97. The molecule has 0 aromatic heterocycles. The fourth-order valence-corrected chi connectivity index (χ4v) is 1.97. The number of rotatable bonds is 8. The Morgan fingerprint density at radius 1 is 1.12 bits per heavy atom. The summed E-state index contributed by atoms with van der Waals surface area (Å²) in [6, 6.07) is 0. The lowest BCUT2D eigenvalue weighted by Crippen LogP contribution is -2.15. The largest absolute Gasteiger partial charge is 0.393 e. The Morgan fingerprint density at radius 3 is 2.19 bits per heavy atom. The molecule has 0 rings (SSSR count). The van der Waals surface area contributed by atoms with Crippen molar-refractivity contribution in [2.24, 2.45) is 11.8 Å². The summed E-state index contributed by atoms with van der Waals surface area (Å²) in [6.45, 7) is 10.9. The number of aliphatic hydroxyl groups excluding tert-OH is 1. The molecule has 3 atom stereocenters. The Morgan fingerprint density at radius 2 is 1.69 bits per heavy atom. The highest BCUT2D eigenvalue weighted by atomic mass is 16.3. The van der Waals surface area contributed by atoms with Crippen LogP contribution in [0.3, 0.4) is 0 Å². The molecule has 0 radical (unpaired) electrons. The van der Waals surface area contributed by atoms with Gasteiger partial charge in [0.1, 0.15) is 0 Å². The number of allylic oxidation sites excluding steroid dienone is 2. The molecule has 96 valence electrons. The molecular formula is C15H30O. The third-order valence-electron chi connectivity index (χ3n) is 3.26. The minimum atomic E-state index is -0.100. The molecule has 0 saturated carbocycles. The molecule has 16 heavy (non-hydrogen) atoms. The summed E-state index contributed by atoms with van der Waals surface area (Å²) in [7, 11) is 0. The molecule has 0 aliphatic heterocycles. The van der Waals surface area contributed by atoms with Crippen LogP contribution in [0.1, 0.15) is 66.7 Å². The Labute approximate surface area is 102 Å². The van der Waals surface area contributed by atoms with Crippen LogP contribution in [0.15, 0.2) is 11.6 Å². The molecule has 0 aliphatic rings. The van der Waals surface area contributed by atoms with Crippen molar-refractivity contribution in [2.45, 2.75) is 72.8 Å². The zero-order valence-electron chi connectivity index (χ0n) is 11.8. The first-order chi connectivity index (χ1) is 7.45. The standard InChI is InChI=1S/C15H30O/c1-6-13(4)10-15(16)11-14(5)9-7-8-12(2)3/h8,13-16H,6-7,9-11H2,1-5H3/t13-,14+,15?/m1/s1. The van der Waals surface area contributed by atoms with Crippen LogP contribution in [0.25, 0.3) is 0 Å². The van der Waals surface area contributed by atoms with E-state index in [0.717, 1.165) is 19.3 Å². The van der Waals surface area contributed by atoms with Crippen molar-refractivity contribution in [3.63, 3.8) is 0 Å². The van der Waals surface area contributed by atoms with Crippen molar-refractivity contribution in [3.05, 3.63) is 11.6 Å². The van der Waals surface area contributed by atoms with E-state index in [4.69, 9.17) is 0 Å². The topological polar surface area (TPSA) is 20.2 Å². The average Bonchev–Trinajstić information content (AvgIpc) is 2.16. The fraction of sp³-hybridized carbons (Fsp3) is 0.867. The molecule has 0 saturated heterocycles. The Hall–Kier alpha value is -0.300. The first kappa shape index (κ1) is 15.7. The first-order valence-electron chi connectivity index (χ1n) is 6.77. The molecule has 0 aliphatic carbocycles. The Kier molecular flexibility index (Phi) is 8.64. The first-order valence-corrected chi connectivity index (χ1v) is 6.77. The van der Waals surface area contributed by atoms with E-state index in [0.29, 0.717) is 11.8 Å². The van der Waals surface area contributed by atoms with Crippen LogP contribution in [0.5, 0.6) is 0 Å². The van der Waals surface area contributed by atoms with E-state index in [9.17, 15) is 5.11 Å². The summed E-state index contributed by atoms with van der Waals surface area (Å²) in [5.41, 5.74) is 1.40. The summed E-state index contributed by atoms with van der Waals surface area (Å²) in [4.78, 5) is 0. The van der Waals surface area contributed by atoms with Gasteiger partial charge in [0, 0.05) is 0 Å². The van der Waals surface area contributed by atoms with Crippen molar-refractivity contribution in [1.82, 2.24) is 0 Å². The number of hydrogen-bond donors (Lipinski definition) is 1. The Balaban J connectivity index is 3.69. The molecule has 0 spiro atoms. The van der Waals surface area contributed by atoms with E-state index in [-0.39, 0.29) is 6.10 Å². The highest BCUT2D eigenvalue weighted by Gasteiger charge is 2.12. The maximum atomic E-state index is 9.91. The second-order valence-corrected chi connectivity index (χ2v) is 5.60. The van der Waals surface area contributed by atoms with Crippen molar-refractivity contribution < 1.29 is 5.11 Å². The summed E-state index contributed by atoms with van der Waals surface area (Å²) < 4.78 is 0. The van der Waals surface area contributed by atoms with Gasteiger partial charge < -0.3 is 5.11 Å². The van der Waals surface area contributed by atoms with Gasteiger partial charge in [-0.2, -0.15) is 0 Å². The predicted octanol–water partition coefficient (Wildman–Crippen LogP) is 4.56. The van der Waals surface area contributed by atoms with Crippen molar-refractivity contribution in [2.75, 3.05) is 0 Å². The second-order valence-electron chi connectivity index (χ2n) is 5.60. The van der Waals surface area contributed by atoms with Crippen LogP contribution in [0.4, 0.5) is 0 Å². The summed E-state index contributed by atoms with van der Waals surface area (Å²) in [6.07, 6.45) is 7.63. The van der Waals surface area contributed by atoms with Gasteiger partial charge in [-0.05, 0) is 51.4 Å². The lowest BCUT2D eigenvalue weighted by atomic mass is 9.92. The van der Waals surface area contributed by atoms with Gasteiger partial charge in [0.25, 0.3) is 0 Å². The summed E-state index contributed by atoms with van der Waals surface area (Å²) in [5.74, 6) is 1.29. The minimum absolute atomic E-state index is 0.100. The quantitative estimate of drug-likeness (QED) is 0.602. The molecule has 1 N–H and O–H groups in total. The van der Waals surface area contributed by atoms with Gasteiger partial charge >= 0.3 is 0 Å². The van der Waals surface area contributed by atoms with Gasteiger partial charge in [0.15, 0.2) is 0 Å². The van der Waals surface area contributed by atoms with Gasteiger partial charge in [-0.3, -0.25) is 0 Å². The van der Waals surface area contributed by atoms with Gasteiger partial charge in [0.05, 0.1) is 6.10 Å². The zero-order chi connectivity index (χ0) is 12.6. The SMILES string of the molecule is CC[C@@H](C)CC(O)C[C@@H](C)CCC=C(C)C. The minimum Gasteiger partial charge on any atom is -0.393 e. The van der Waals surface area contributed by atoms with Gasteiger partial charge in [0.2, 0.25) is 0 Å². The van der Waals surface area contributed by atoms with Crippen LogP contribution in [0, 0.1) is 11.8 Å².